The van der Waals surface area contributed by atoms with E-state index >= 15 is 0 Å². The van der Waals surface area contributed by atoms with Gasteiger partial charge in [-0.25, -0.2) is 0 Å². The molecule has 0 atom stereocenters. The molecule has 52 heavy (non-hydrogen) atoms. The SMILES string of the molecule is c1ccc2c(c1)cc(-c1ccc3c(c1)oc1c4oc5cc(-c6cc7ccccc7c7ccccc67)ccc5c4c4ccccc4c31)c1ccccc12. The molecule has 0 radical (unpaired) electrons. The summed E-state index contributed by atoms with van der Waals surface area (Å²) in [5.41, 5.74) is 7.94. The summed E-state index contributed by atoms with van der Waals surface area (Å²) in [6, 6.07) is 61.3. The van der Waals surface area contributed by atoms with E-state index in [1.165, 1.54) is 65.0 Å². The van der Waals surface area contributed by atoms with Gasteiger partial charge in [0.1, 0.15) is 11.2 Å². The lowest BCUT2D eigenvalue weighted by molar-refractivity contribution is 0.634. The van der Waals surface area contributed by atoms with Crippen molar-refractivity contribution in [2.24, 2.45) is 0 Å². The van der Waals surface area contributed by atoms with E-state index in [0.717, 1.165) is 55.0 Å². The molecule has 0 amide bonds. The van der Waals surface area contributed by atoms with Gasteiger partial charge in [-0.3, -0.25) is 0 Å². The van der Waals surface area contributed by atoms with E-state index in [2.05, 4.69) is 170 Å². The average molecular weight is 661 g/mol. The van der Waals surface area contributed by atoms with Crippen LogP contribution in [0.5, 0.6) is 0 Å². The number of rotatable bonds is 2. The van der Waals surface area contributed by atoms with Crippen LogP contribution in [0.25, 0.3) is 120 Å². The number of fused-ring (bicyclic) bond motifs is 16. The number of furan rings is 2. The minimum absolute atomic E-state index is 0.790. The third-order valence-electron chi connectivity index (χ3n) is 11.2. The van der Waals surface area contributed by atoms with E-state index < -0.39 is 0 Å². The summed E-state index contributed by atoms with van der Waals surface area (Å²) < 4.78 is 13.8. The zero-order valence-electron chi connectivity index (χ0n) is 28.0. The van der Waals surface area contributed by atoms with Crippen LogP contribution in [0.2, 0.25) is 0 Å². The van der Waals surface area contributed by atoms with E-state index in [9.17, 15) is 0 Å². The van der Waals surface area contributed by atoms with Crippen molar-refractivity contribution in [3.8, 4) is 22.3 Å². The zero-order chi connectivity index (χ0) is 33.9. The van der Waals surface area contributed by atoms with Crippen molar-refractivity contribution in [1.29, 1.82) is 0 Å². The summed E-state index contributed by atoms with van der Waals surface area (Å²) in [6.07, 6.45) is 0. The van der Waals surface area contributed by atoms with E-state index in [4.69, 9.17) is 8.83 Å². The zero-order valence-corrected chi connectivity index (χ0v) is 28.0. The topological polar surface area (TPSA) is 26.3 Å². The fraction of sp³-hybridized carbons (Fsp3) is 0. The summed E-state index contributed by atoms with van der Waals surface area (Å²) in [5, 5.41) is 16.7. The summed E-state index contributed by atoms with van der Waals surface area (Å²) in [5.74, 6) is 0. The van der Waals surface area contributed by atoms with Crippen LogP contribution in [0, 0.1) is 0 Å². The Morgan fingerprint density at radius 2 is 0.635 bits per heavy atom. The van der Waals surface area contributed by atoms with Crippen LogP contribution in [0.1, 0.15) is 0 Å². The smallest absolute Gasteiger partial charge is 0.179 e. The molecule has 240 valence electrons. The van der Waals surface area contributed by atoms with Gasteiger partial charge in [0.15, 0.2) is 11.2 Å². The maximum atomic E-state index is 6.89. The lowest BCUT2D eigenvalue weighted by Crippen LogP contribution is -1.84. The summed E-state index contributed by atoms with van der Waals surface area (Å²) in [6.45, 7) is 0. The molecule has 2 nitrogen and oxygen atoms in total. The second-order valence-corrected chi connectivity index (χ2v) is 14.0. The lowest BCUT2D eigenvalue weighted by atomic mass is 9.92. The van der Waals surface area contributed by atoms with Crippen molar-refractivity contribution in [1.82, 2.24) is 0 Å². The molecule has 12 rings (SSSR count). The first-order valence-corrected chi connectivity index (χ1v) is 17.8. The molecule has 0 saturated carbocycles. The molecule has 0 bridgehead atoms. The van der Waals surface area contributed by atoms with Crippen LogP contribution in [0.4, 0.5) is 0 Å². The van der Waals surface area contributed by atoms with Crippen LogP contribution < -0.4 is 0 Å². The van der Waals surface area contributed by atoms with Crippen molar-refractivity contribution >= 4 is 97.7 Å². The first kappa shape index (κ1) is 27.9. The standard InChI is InChI=1S/C50H28O2/c1-3-13-33-29(11-1)25-43(37-17-7-5-15-35(33)37)31-21-23-41-45(27-31)51-49-47(41)39-19-9-10-20-40(39)48-42-24-22-32(28-46(42)52-50(48)49)44-26-30-12-2-4-14-34(30)36-16-6-8-18-38(36)44/h1-28H. The highest BCUT2D eigenvalue weighted by molar-refractivity contribution is 6.34. The van der Waals surface area contributed by atoms with Gasteiger partial charge in [-0.1, -0.05) is 133 Å². The van der Waals surface area contributed by atoms with Crippen LogP contribution in [0.3, 0.4) is 0 Å². The van der Waals surface area contributed by atoms with Gasteiger partial charge in [-0.2, -0.15) is 0 Å². The first-order valence-electron chi connectivity index (χ1n) is 17.8. The van der Waals surface area contributed by atoms with Crippen LogP contribution in [-0.2, 0) is 0 Å². The maximum absolute atomic E-state index is 6.89. The molecule has 0 unspecified atom stereocenters. The Kier molecular flexibility index (Phi) is 5.53. The van der Waals surface area contributed by atoms with Crippen molar-refractivity contribution < 1.29 is 8.83 Å². The predicted octanol–water partition coefficient (Wildman–Crippen LogP) is 14.6. The number of hydrogen-bond donors (Lipinski definition) is 0. The van der Waals surface area contributed by atoms with Crippen LogP contribution in [0.15, 0.2) is 179 Å². The third kappa shape index (κ3) is 3.78. The largest absolute Gasteiger partial charge is 0.452 e. The fourth-order valence-electron chi connectivity index (χ4n) is 8.89. The van der Waals surface area contributed by atoms with Gasteiger partial charge in [0.25, 0.3) is 0 Å². The monoisotopic (exact) mass is 660 g/mol. The Bertz CT molecular complexity index is 3240. The summed E-state index contributed by atoms with van der Waals surface area (Å²) >= 11 is 0. The molecule has 0 spiro atoms. The number of hydrogen-bond acceptors (Lipinski definition) is 2. The van der Waals surface area contributed by atoms with Crippen molar-refractivity contribution in [3.63, 3.8) is 0 Å². The minimum atomic E-state index is 0.790. The highest BCUT2D eigenvalue weighted by Crippen LogP contribution is 2.47. The predicted molar refractivity (Wildman–Crippen MR) is 219 cm³/mol. The van der Waals surface area contributed by atoms with Gasteiger partial charge < -0.3 is 8.83 Å². The normalized spacial score (nSPS) is 12.2. The van der Waals surface area contributed by atoms with E-state index in [1.807, 2.05) is 0 Å². The number of benzene rings is 10. The molecule has 0 N–H and O–H groups in total. The molecule has 12 aromatic rings. The quantitative estimate of drug-likeness (QED) is 0.173. The Morgan fingerprint density at radius 3 is 1.08 bits per heavy atom. The molecule has 2 aromatic heterocycles. The average Bonchev–Trinajstić information content (AvgIpc) is 3.79. The Balaban J connectivity index is 1.12. The molecule has 0 saturated heterocycles. The Hall–Kier alpha value is -6.90. The van der Waals surface area contributed by atoms with E-state index in [1.54, 1.807) is 0 Å². The second-order valence-electron chi connectivity index (χ2n) is 14.0. The second kappa shape index (κ2) is 10.3. The molecule has 0 aliphatic rings. The molecular formula is C50H28O2. The molecular weight excluding hydrogens is 633 g/mol. The molecule has 2 heteroatoms. The van der Waals surface area contributed by atoms with E-state index in [0.29, 0.717) is 0 Å². The molecule has 0 aliphatic carbocycles. The lowest BCUT2D eigenvalue weighted by Gasteiger charge is -2.11. The van der Waals surface area contributed by atoms with Crippen molar-refractivity contribution in [2.75, 3.05) is 0 Å². The van der Waals surface area contributed by atoms with E-state index in [-0.39, 0.29) is 0 Å². The fourth-order valence-corrected chi connectivity index (χ4v) is 8.89. The van der Waals surface area contributed by atoms with Gasteiger partial charge in [0.05, 0.1) is 0 Å². The van der Waals surface area contributed by atoms with Gasteiger partial charge in [-0.05, 0) is 113 Å². The highest BCUT2D eigenvalue weighted by atomic mass is 16.4. The van der Waals surface area contributed by atoms with Gasteiger partial charge >= 0.3 is 0 Å². The van der Waals surface area contributed by atoms with Gasteiger partial charge in [-0.15, -0.1) is 0 Å². The minimum Gasteiger partial charge on any atom is -0.452 e. The van der Waals surface area contributed by atoms with Crippen LogP contribution >= 0.6 is 0 Å². The van der Waals surface area contributed by atoms with Crippen molar-refractivity contribution in [2.45, 2.75) is 0 Å². The first-order chi connectivity index (χ1) is 25.8. The Labute approximate surface area is 297 Å². The van der Waals surface area contributed by atoms with Gasteiger partial charge in [0.2, 0.25) is 0 Å². The summed E-state index contributed by atoms with van der Waals surface area (Å²) in [4.78, 5) is 0. The van der Waals surface area contributed by atoms with Crippen molar-refractivity contribution in [3.05, 3.63) is 170 Å². The Morgan fingerprint density at radius 1 is 0.269 bits per heavy atom. The molecule has 0 aliphatic heterocycles. The molecule has 2 heterocycles. The summed E-state index contributed by atoms with van der Waals surface area (Å²) in [7, 11) is 0. The molecule has 10 aromatic carbocycles. The van der Waals surface area contributed by atoms with Gasteiger partial charge in [0, 0.05) is 21.5 Å². The highest BCUT2D eigenvalue weighted by Gasteiger charge is 2.22. The molecule has 0 fully saturated rings. The third-order valence-corrected chi connectivity index (χ3v) is 11.2. The van der Waals surface area contributed by atoms with Crippen LogP contribution in [-0.4, -0.2) is 0 Å². The maximum Gasteiger partial charge on any atom is 0.179 e.